The van der Waals surface area contributed by atoms with Crippen molar-refractivity contribution in [1.82, 2.24) is 25.3 Å². The molecule has 1 aromatic carbocycles. The molecule has 0 bridgehead atoms. The lowest BCUT2D eigenvalue weighted by Gasteiger charge is -2.19. The van der Waals surface area contributed by atoms with E-state index in [2.05, 4.69) is 25.3 Å². The summed E-state index contributed by atoms with van der Waals surface area (Å²) in [5.41, 5.74) is 6.32. The molecule has 2 aromatic heterocycles. The molecule has 3 rings (SSSR count). The van der Waals surface area contributed by atoms with Gasteiger partial charge in [-0.05, 0) is 12.5 Å². The zero-order valence-corrected chi connectivity index (χ0v) is 10.2. The summed E-state index contributed by atoms with van der Waals surface area (Å²) in [5, 5.41) is 10.3. The monoisotopic (exact) mass is 256 g/mol. The fourth-order valence-corrected chi connectivity index (χ4v) is 1.75. The van der Waals surface area contributed by atoms with E-state index in [1.807, 2.05) is 37.3 Å². The highest BCUT2D eigenvalue weighted by Crippen LogP contribution is 2.25. The number of rotatable bonds is 3. The van der Waals surface area contributed by atoms with Crippen LogP contribution in [0.25, 0.3) is 11.6 Å². The van der Waals surface area contributed by atoms with E-state index in [1.54, 1.807) is 0 Å². The first-order chi connectivity index (χ1) is 9.18. The van der Waals surface area contributed by atoms with Crippen molar-refractivity contribution in [3.8, 4) is 11.6 Å². The van der Waals surface area contributed by atoms with E-state index in [-0.39, 0.29) is 0 Å². The van der Waals surface area contributed by atoms with E-state index >= 15 is 0 Å². The molecule has 3 aromatic rings. The van der Waals surface area contributed by atoms with Crippen molar-refractivity contribution in [1.29, 1.82) is 0 Å². The van der Waals surface area contributed by atoms with E-state index in [1.165, 1.54) is 6.33 Å². The summed E-state index contributed by atoms with van der Waals surface area (Å²) in [6.45, 7) is 1.82. The molecule has 0 amide bonds. The van der Waals surface area contributed by atoms with Crippen LogP contribution in [-0.4, -0.2) is 25.3 Å². The maximum atomic E-state index is 6.28. The van der Waals surface area contributed by atoms with Crippen LogP contribution in [0.15, 0.2) is 41.2 Å². The predicted octanol–water partition coefficient (Wildman–Crippen LogP) is 1.08. The van der Waals surface area contributed by atoms with Gasteiger partial charge in [0.2, 0.25) is 5.82 Å². The molecule has 0 aliphatic heterocycles. The third kappa shape index (κ3) is 2.00. The Morgan fingerprint density at radius 3 is 2.74 bits per heavy atom. The second-order valence-electron chi connectivity index (χ2n) is 4.33. The Labute approximate surface area is 108 Å². The van der Waals surface area contributed by atoms with Crippen LogP contribution >= 0.6 is 0 Å². The topological polar surface area (TPSA) is 107 Å². The van der Waals surface area contributed by atoms with E-state index in [4.69, 9.17) is 10.3 Å². The first-order valence-corrected chi connectivity index (χ1v) is 5.72. The fourth-order valence-electron chi connectivity index (χ4n) is 1.75. The maximum Gasteiger partial charge on any atom is 0.251 e. The van der Waals surface area contributed by atoms with Crippen molar-refractivity contribution in [2.75, 3.05) is 0 Å². The molecule has 1 atom stereocenters. The van der Waals surface area contributed by atoms with Crippen LogP contribution < -0.4 is 5.73 Å². The molecular weight excluding hydrogens is 244 g/mol. The highest BCUT2D eigenvalue weighted by molar-refractivity contribution is 5.41. The molecule has 2 heterocycles. The number of nitrogens with one attached hydrogen (secondary N) is 1. The average Bonchev–Trinajstić information content (AvgIpc) is 3.10. The number of aromatic nitrogens is 5. The Kier molecular flexibility index (Phi) is 2.60. The van der Waals surface area contributed by atoms with Crippen molar-refractivity contribution in [3.63, 3.8) is 0 Å². The van der Waals surface area contributed by atoms with Gasteiger partial charge in [-0.15, -0.1) is 0 Å². The number of nitrogens with two attached hydrogens (primary N) is 1. The van der Waals surface area contributed by atoms with E-state index in [9.17, 15) is 0 Å². The molecular formula is C12H12N6O. The van der Waals surface area contributed by atoms with E-state index in [0.29, 0.717) is 17.5 Å². The molecule has 0 aliphatic rings. The van der Waals surface area contributed by atoms with E-state index in [0.717, 1.165) is 5.56 Å². The quantitative estimate of drug-likeness (QED) is 0.726. The largest absolute Gasteiger partial charge is 0.336 e. The molecule has 7 heteroatoms. The Balaban J connectivity index is 1.99. The lowest BCUT2D eigenvalue weighted by molar-refractivity contribution is 0.325. The number of hydrogen-bond donors (Lipinski definition) is 2. The van der Waals surface area contributed by atoms with Gasteiger partial charge in [0.1, 0.15) is 11.9 Å². The standard InChI is InChI=1S/C12H12N6O/c1-12(13,8-5-3-2-4-6-8)11-16-10(18-19-11)9-14-7-15-17-9/h2-7H,13H2,1H3,(H,14,15,17). The lowest BCUT2D eigenvalue weighted by atomic mass is 9.93. The van der Waals surface area contributed by atoms with Gasteiger partial charge in [-0.3, -0.25) is 5.10 Å². The first-order valence-electron chi connectivity index (χ1n) is 5.72. The van der Waals surface area contributed by atoms with Gasteiger partial charge in [-0.1, -0.05) is 35.5 Å². The number of nitrogens with zero attached hydrogens (tertiary/aromatic N) is 4. The molecule has 19 heavy (non-hydrogen) atoms. The van der Waals surface area contributed by atoms with Crippen LogP contribution in [-0.2, 0) is 5.54 Å². The predicted molar refractivity (Wildman–Crippen MR) is 66.8 cm³/mol. The zero-order valence-electron chi connectivity index (χ0n) is 10.2. The summed E-state index contributed by atoms with van der Waals surface area (Å²) in [7, 11) is 0. The van der Waals surface area contributed by atoms with Gasteiger partial charge in [0.15, 0.2) is 5.82 Å². The second kappa shape index (κ2) is 4.29. The minimum absolute atomic E-state index is 0.324. The van der Waals surface area contributed by atoms with Gasteiger partial charge < -0.3 is 10.3 Å². The molecule has 7 nitrogen and oxygen atoms in total. The van der Waals surface area contributed by atoms with Crippen molar-refractivity contribution >= 4 is 0 Å². The van der Waals surface area contributed by atoms with Crippen molar-refractivity contribution in [2.24, 2.45) is 5.73 Å². The summed E-state index contributed by atoms with van der Waals surface area (Å²) in [4.78, 5) is 8.23. The minimum Gasteiger partial charge on any atom is -0.336 e. The first kappa shape index (κ1) is 11.5. The number of H-pyrrole nitrogens is 1. The normalized spacial score (nSPS) is 14.2. The third-order valence-corrected chi connectivity index (χ3v) is 2.87. The molecule has 96 valence electrons. The van der Waals surface area contributed by atoms with Crippen LogP contribution in [0.3, 0.4) is 0 Å². The molecule has 0 aliphatic carbocycles. The van der Waals surface area contributed by atoms with Crippen LogP contribution in [0.2, 0.25) is 0 Å². The van der Waals surface area contributed by atoms with E-state index < -0.39 is 5.54 Å². The molecule has 3 N–H and O–H groups in total. The molecule has 1 unspecified atom stereocenters. The molecule has 0 saturated heterocycles. The average molecular weight is 256 g/mol. The van der Waals surface area contributed by atoms with Crippen LogP contribution in [0.1, 0.15) is 18.4 Å². The second-order valence-corrected chi connectivity index (χ2v) is 4.33. The number of hydrogen-bond acceptors (Lipinski definition) is 6. The van der Waals surface area contributed by atoms with Crippen molar-refractivity contribution in [3.05, 3.63) is 48.1 Å². The van der Waals surface area contributed by atoms with Gasteiger partial charge >= 0.3 is 0 Å². The maximum absolute atomic E-state index is 6.28. The van der Waals surface area contributed by atoms with Crippen molar-refractivity contribution in [2.45, 2.75) is 12.5 Å². The number of aromatic amines is 1. The molecule has 0 spiro atoms. The Morgan fingerprint density at radius 1 is 1.26 bits per heavy atom. The highest BCUT2D eigenvalue weighted by atomic mass is 16.5. The van der Waals surface area contributed by atoms with Crippen LogP contribution in [0, 0.1) is 0 Å². The fraction of sp³-hybridized carbons (Fsp3) is 0.167. The summed E-state index contributed by atoms with van der Waals surface area (Å²) in [5.74, 6) is 1.10. The Morgan fingerprint density at radius 2 is 2.05 bits per heavy atom. The van der Waals surface area contributed by atoms with Crippen molar-refractivity contribution < 1.29 is 4.52 Å². The third-order valence-electron chi connectivity index (χ3n) is 2.87. The summed E-state index contributed by atoms with van der Waals surface area (Å²) < 4.78 is 5.23. The summed E-state index contributed by atoms with van der Waals surface area (Å²) in [6, 6.07) is 9.58. The smallest absolute Gasteiger partial charge is 0.251 e. The number of benzene rings is 1. The minimum atomic E-state index is -0.855. The zero-order chi connectivity index (χ0) is 13.3. The highest BCUT2D eigenvalue weighted by Gasteiger charge is 2.30. The molecule has 0 radical (unpaired) electrons. The van der Waals surface area contributed by atoms with Gasteiger partial charge in [0.05, 0.1) is 0 Å². The van der Waals surface area contributed by atoms with Gasteiger partial charge in [-0.25, -0.2) is 4.98 Å². The summed E-state index contributed by atoms with van der Waals surface area (Å²) in [6.07, 6.45) is 1.38. The molecule has 0 fully saturated rings. The summed E-state index contributed by atoms with van der Waals surface area (Å²) >= 11 is 0. The Bertz CT molecular complexity index is 659. The van der Waals surface area contributed by atoms with Crippen LogP contribution in [0.5, 0.6) is 0 Å². The van der Waals surface area contributed by atoms with Crippen LogP contribution in [0.4, 0.5) is 0 Å². The van der Waals surface area contributed by atoms with Gasteiger partial charge in [0, 0.05) is 0 Å². The Hall–Kier alpha value is -2.54. The molecule has 0 saturated carbocycles. The SMILES string of the molecule is CC(N)(c1ccccc1)c1nc(-c2ncn[nH]2)no1. The lowest BCUT2D eigenvalue weighted by Crippen LogP contribution is -2.34. The van der Waals surface area contributed by atoms with Gasteiger partial charge in [0.25, 0.3) is 5.89 Å². The van der Waals surface area contributed by atoms with Gasteiger partial charge in [-0.2, -0.15) is 10.1 Å².